The van der Waals surface area contributed by atoms with Crippen molar-refractivity contribution in [2.45, 2.75) is 43.9 Å². The number of hydrogen-bond donors (Lipinski definition) is 2. The van der Waals surface area contributed by atoms with E-state index in [0.29, 0.717) is 11.1 Å². The third kappa shape index (κ3) is 8.61. The fourth-order valence-electron chi connectivity index (χ4n) is 4.91. The number of oxime groups is 1. The lowest BCUT2D eigenvalue weighted by Crippen LogP contribution is -2.71. The van der Waals surface area contributed by atoms with Crippen LogP contribution in [0.25, 0.3) is 0 Å². The quantitative estimate of drug-likeness (QED) is 0.0952. The molecule has 1 fully saturated rings. The van der Waals surface area contributed by atoms with Crippen molar-refractivity contribution in [3.8, 4) is 0 Å². The summed E-state index contributed by atoms with van der Waals surface area (Å²) in [6.07, 6.45) is -0.832. The van der Waals surface area contributed by atoms with Gasteiger partial charge in [0.05, 0.1) is 12.0 Å². The number of esters is 1. The van der Waals surface area contributed by atoms with Crippen molar-refractivity contribution < 1.29 is 46.1 Å². The van der Waals surface area contributed by atoms with Crippen molar-refractivity contribution in [3.63, 3.8) is 0 Å². The lowest BCUT2D eigenvalue weighted by molar-refractivity contribution is -0.154. The van der Waals surface area contributed by atoms with E-state index in [9.17, 15) is 27.6 Å². The molecule has 18 heteroatoms. The number of ether oxygens (including phenoxy) is 2. The standard InChI is InChI=1S/C32H33N5O10S3/c1-32(2,3)46-31(41)35-30-33-20(16-49-30)22(36-44-4)26(38)34-23-27(39)37-24(21(17-48-28(23)37)47-50(5,42)43)29(40)45-25(18-12-8-6-9-13-18)19-14-10-7-11-15-19/h6-16,23,25,28H,17H2,1-5H3,(H,34,38)(H,33,35,41)/t23-,28+/m1/s1. The average molecular weight is 744 g/mol. The maximum absolute atomic E-state index is 13.9. The van der Waals surface area contributed by atoms with Gasteiger partial charge in [-0.15, -0.1) is 23.1 Å². The second-order valence-electron chi connectivity index (χ2n) is 11.8. The minimum atomic E-state index is -4.11. The zero-order valence-electron chi connectivity index (χ0n) is 27.4. The molecule has 0 aliphatic carbocycles. The van der Waals surface area contributed by atoms with E-state index < -0.39 is 62.8 Å². The molecule has 0 saturated carbocycles. The predicted octanol–water partition coefficient (Wildman–Crippen LogP) is 3.76. The summed E-state index contributed by atoms with van der Waals surface area (Å²) < 4.78 is 40.7. The van der Waals surface area contributed by atoms with E-state index in [2.05, 4.69) is 20.8 Å². The fraction of sp³-hybridized carbons (Fsp3) is 0.312. The second kappa shape index (κ2) is 14.9. The molecule has 2 aliphatic rings. The highest BCUT2D eigenvalue weighted by Crippen LogP contribution is 2.42. The first-order valence-electron chi connectivity index (χ1n) is 14.9. The molecule has 1 aromatic heterocycles. The SMILES string of the molecule is CON=C(C(=O)N[C@@H]1C(=O)N2C(C(=O)OC(c3ccccc3)c3ccccc3)=C(OS(C)(=O)=O)CS[C@@H]12)c1csc(NC(=O)OC(C)(C)C)n1. The van der Waals surface area contributed by atoms with Crippen LogP contribution >= 0.6 is 23.1 Å². The molecule has 5 rings (SSSR count). The predicted molar refractivity (Wildman–Crippen MR) is 184 cm³/mol. The molecule has 2 aromatic carbocycles. The Hall–Kier alpha value is -4.94. The number of aromatic nitrogens is 1. The van der Waals surface area contributed by atoms with Crippen LogP contribution in [0, 0.1) is 0 Å². The number of amides is 3. The van der Waals surface area contributed by atoms with Crippen LogP contribution in [0.2, 0.25) is 0 Å². The van der Waals surface area contributed by atoms with Gasteiger partial charge in [0, 0.05) is 5.38 Å². The first-order valence-corrected chi connectivity index (χ1v) is 18.7. The summed E-state index contributed by atoms with van der Waals surface area (Å²) in [7, 11) is -2.89. The van der Waals surface area contributed by atoms with Gasteiger partial charge in [0.15, 0.2) is 28.4 Å². The summed E-state index contributed by atoms with van der Waals surface area (Å²) in [5, 5.41) is 9.60. The number of β-lactam (4-membered cyclic amide) rings is 1. The van der Waals surface area contributed by atoms with E-state index in [1.54, 1.807) is 81.4 Å². The molecule has 0 unspecified atom stereocenters. The monoisotopic (exact) mass is 743 g/mol. The number of fused-ring (bicyclic) bond motifs is 1. The Bertz CT molecular complexity index is 1900. The van der Waals surface area contributed by atoms with Gasteiger partial charge < -0.3 is 23.8 Å². The molecule has 0 spiro atoms. The third-order valence-corrected chi connectivity index (χ3v) is 9.36. The summed E-state index contributed by atoms with van der Waals surface area (Å²) in [5.74, 6) is -2.98. The highest BCUT2D eigenvalue weighted by Gasteiger charge is 2.56. The van der Waals surface area contributed by atoms with Crippen LogP contribution in [-0.2, 0) is 43.0 Å². The van der Waals surface area contributed by atoms with Gasteiger partial charge in [0.25, 0.3) is 11.8 Å². The maximum Gasteiger partial charge on any atom is 0.413 e. The van der Waals surface area contributed by atoms with Gasteiger partial charge in [-0.3, -0.25) is 19.8 Å². The molecule has 50 heavy (non-hydrogen) atoms. The van der Waals surface area contributed by atoms with Crippen molar-refractivity contribution in [2.75, 3.05) is 24.4 Å². The first kappa shape index (κ1) is 36.3. The van der Waals surface area contributed by atoms with Gasteiger partial charge in [0.2, 0.25) is 0 Å². The molecule has 3 heterocycles. The van der Waals surface area contributed by atoms with Crippen LogP contribution < -0.4 is 10.6 Å². The molecule has 2 N–H and O–H groups in total. The van der Waals surface area contributed by atoms with E-state index in [0.717, 1.165) is 34.3 Å². The lowest BCUT2D eigenvalue weighted by atomic mass is 10.0. The van der Waals surface area contributed by atoms with Gasteiger partial charge >= 0.3 is 22.2 Å². The Morgan fingerprint density at radius 1 is 1.04 bits per heavy atom. The van der Waals surface area contributed by atoms with Crippen molar-refractivity contribution in [3.05, 3.63) is 94.3 Å². The van der Waals surface area contributed by atoms with Gasteiger partial charge in [-0.1, -0.05) is 65.8 Å². The second-order valence-corrected chi connectivity index (χ2v) is 15.4. The Labute approximate surface area is 296 Å². The van der Waals surface area contributed by atoms with E-state index in [-0.39, 0.29) is 28.0 Å². The molecule has 0 radical (unpaired) electrons. The van der Waals surface area contributed by atoms with Gasteiger partial charge in [0.1, 0.15) is 29.8 Å². The minimum Gasteiger partial charge on any atom is -0.448 e. The molecule has 15 nitrogen and oxygen atoms in total. The largest absolute Gasteiger partial charge is 0.448 e. The first-order chi connectivity index (χ1) is 23.6. The van der Waals surface area contributed by atoms with Crippen molar-refractivity contribution in [1.82, 2.24) is 15.2 Å². The topological polar surface area (TPSA) is 192 Å². The van der Waals surface area contributed by atoms with Crippen LogP contribution in [0.4, 0.5) is 9.93 Å². The zero-order valence-corrected chi connectivity index (χ0v) is 29.9. The van der Waals surface area contributed by atoms with Crippen LogP contribution in [0.5, 0.6) is 0 Å². The number of nitrogens with one attached hydrogen (secondary N) is 2. The fourth-order valence-corrected chi connectivity index (χ4v) is 7.42. The van der Waals surface area contributed by atoms with E-state index in [4.69, 9.17) is 18.5 Å². The maximum atomic E-state index is 13.9. The average Bonchev–Trinajstić information content (AvgIpc) is 3.51. The normalized spacial score (nSPS) is 17.8. The van der Waals surface area contributed by atoms with Gasteiger partial charge in [-0.25, -0.2) is 14.6 Å². The molecular formula is C32H33N5O10S3. The number of thioether (sulfide) groups is 1. The van der Waals surface area contributed by atoms with E-state index in [1.165, 1.54) is 12.5 Å². The molecule has 2 aliphatic heterocycles. The Kier molecular flexibility index (Phi) is 10.8. The van der Waals surface area contributed by atoms with Crippen LogP contribution in [-0.4, -0.2) is 84.0 Å². The Balaban J connectivity index is 1.37. The summed E-state index contributed by atoms with van der Waals surface area (Å²) in [6, 6.07) is 16.6. The number of benzene rings is 2. The number of rotatable bonds is 11. The number of thiazole rings is 1. The zero-order chi connectivity index (χ0) is 36.2. The number of hydrogen-bond acceptors (Lipinski definition) is 14. The van der Waals surface area contributed by atoms with Crippen LogP contribution in [0.15, 0.2) is 82.7 Å². The summed E-state index contributed by atoms with van der Waals surface area (Å²) in [5.41, 5.74) is -0.121. The van der Waals surface area contributed by atoms with E-state index >= 15 is 0 Å². The van der Waals surface area contributed by atoms with Crippen LogP contribution in [0.1, 0.15) is 43.7 Å². The molecular weight excluding hydrogens is 711 g/mol. The highest BCUT2D eigenvalue weighted by atomic mass is 32.2. The number of carbonyl (C=O) groups is 4. The molecule has 3 amide bonds. The van der Waals surface area contributed by atoms with Crippen molar-refractivity contribution >= 4 is 67.9 Å². The smallest absolute Gasteiger partial charge is 0.413 e. The molecule has 3 aromatic rings. The van der Waals surface area contributed by atoms with Crippen LogP contribution in [0.3, 0.4) is 0 Å². The summed E-state index contributed by atoms with van der Waals surface area (Å²) >= 11 is 2.08. The van der Waals surface area contributed by atoms with Gasteiger partial charge in [-0.2, -0.15) is 8.42 Å². The number of carbonyl (C=O) groups excluding carboxylic acids is 4. The van der Waals surface area contributed by atoms with Crippen molar-refractivity contribution in [1.29, 1.82) is 0 Å². The molecule has 264 valence electrons. The van der Waals surface area contributed by atoms with Crippen molar-refractivity contribution in [2.24, 2.45) is 5.16 Å². The van der Waals surface area contributed by atoms with E-state index in [1.807, 2.05) is 0 Å². The number of nitrogens with zero attached hydrogens (tertiary/aromatic N) is 3. The highest BCUT2D eigenvalue weighted by molar-refractivity contribution is 8.00. The Morgan fingerprint density at radius 2 is 1.66 bits per heavy atom. The van der Waals surface area contributed by atoms with Gasteiger partial charge in [-0.05, 0) is 31.9 Å². The summed E-state index contributed by atoms with van der Waals surface area (Å²) in [6.45, 7) is 5.11. The molecule has 0 bridgehead atoms. The minimum absolute atomic E-state index is 0.0428. The summed E-state index contributed by atoms with van der Waals surface area (Å²) in [4.78, 5) is 63.3. The number of anilines is 1. The molecule has 1 saturated heterocycles. The molecule has 2 atom stereocenters. The lowest BCUT2D eigenvalue weighted by Gasteiger charge is -2.49. The Morgan fingerprint density at radius 3 is 2.22 bits per heavy atom. The third-order valence-electron chi connectivity index (χ3n) is 6.85.